The summed E-state index contributed by atoms with van der Waals surface area (Å²) in [4.78, 5) is 0. The molecule has 0 spiro atoms. The van der Waals surface area contributed by atoms with Crippen molar-refractivity contribution in [3.8, 4) is 11.3 Å². The number of hydrogen-bond donors (Lipinski definition) is 1. The summed E-state index contributed by atoms with van der Waals surface area (Å²) in [6, 6.07) is 10.9. The Hall–Kier alpha value is -0.290. The minimum Gasteiger partial charge on any atom is -0.460 e. The third-order valence-electron chi connectivity index (χ3n) is 4.03. The third kappa shape index (κ3) is 4.60. The van der Waals surface area contributed by atoms with Gasteiger partial charge in [-0.05, 0) is 59.1 Å². The van der Waals surface area contributed by atoms with Crippen molar-refractivity contribution in [2.45, 2.75) is 44.7 Å². The Kier molecular flexibility index (Phi) is 7.00. The lowest BCUT2D eigenvalue weighted by atomic mass is 9.95. The average Bonchev–Trinajstić information content (AvgIpc) is 2.95. The molecule has 0 amide bonds. The van der Waals surface area contributed by atoms with E-state index in [1.54, 1.807) is 0 Å². The van der Waals surface area contributed by atoms with Crippen molar-refractivity contribution in [2.24, 2.45) is 0 Å². The molecule has 1 aliphatic carbocycles. The molecule has 120 valence electrons. The summed E-state index contributed by atoms with van der Waals surface area (Å²) >= 11 is 7.06. The fourth-order valence-corrected chi connectivity index (χ4v) is 4.10. The van der Waals surface area contributed by atoms with Crippen LogP contribution in [0, 0.1) is 0 Å². The highest BCUT2D eigenvalue weighted by Gasteiger charge is 2.14. The SMILES string of the molecule is Brc1ccc(-c2ccc(CNC3CCCCC3)o2)c(Br)c1.Cl. The highest BCUT2D eigenvalue weighted by Crippen LogP contribution is 2.32. The molecule has 1 aromatic heterocycles. The molecule has 2 nitrogen and oxygen atoms in total. The van der Waals surface area contributed by atoms with Crippen molar-refractivity contribution >= 4 is 44.3 Å². The maximum absolute atomic E-state index is 5.97. The molecule has 2 aromatic rings. The first-order chi connectivity index (χ1) is 10.2. The topological polar surface area (TPSA) is 25.2 Å². The fourth-order valence-electron chi connectivity index (χ4n) is 2.86. The second-order valence-electron chi connectivity index (χ2n) is 5.61. The van der Waals surface area contributed by atoms with Crippen molar-refractivity contribution in [3.05, 3.63) is 45.0 Å². The Morgan fingerprint density at radius 1 is 1.05 bits per heavy atom. The van der Waals surface area contributed by atoms with Crippen molar-refractivity contribution < 1.29 is 4.42 Å². The van der Waals surface area contributed by atoms with Gasteiger partial charge < -0.3 is 9.73 Å². The van der Waals surface area contributed by atoms with Gasteiger partial charge in [-0.15, -0.1) is 12.4 Å². The summed E-state index contributed by atoms with van der Waals surface area (Å²) in [6.45, 7) is 0.818. The molecule has 0 radical (unpaired) electrons. The van der Waals surface area contributed by atoms with Gasteiger partial charge >= 0.3 is 0 Å². The van der Waals surface area contributed by atoms with Crippen LogP contribution in [0.25, 0.3) is 11.3 Å². The monoisotopic (exact) mass is 447 g/mol. The van der Waals surface area contributed by atoms with Crippen LogP contribution in [0.1, 0.15) is 37.9 Å². The Morgan fingerprint density at radius 3 is 2.55 bits per heavy atom. The zero-order valence-corrected chi connectivity index (χ0v) is 16.3. The molecule has 0 atom stereocenters. The van der Waals surface area contributed by atoms with Gasteiger partial charge in [-0.1, -0.05) is 35.2 Å². The maximum Gasteiger partial charge on any atom is 0.135 e. The smallest absolute Gasteiger partial charge is 0.135 e. The molecule has 3 rings (SSSR count). The molecule has 1 fully saturated rings. The highest BCUT2D eigenvalue weighted by molar-refractivity contribution is 9.11. The molecule has 0 saturated heterocycles. The summed E-state index contributed by atoms with van der Waals surface area (Å²) in [5.74, 6) is 1.92. The number of nitrogens with one attached hydrogen (secondary N) is 1. The molecule has 1 aliphatic rings. The first-order valence-electron chi connectivity index (χ1n) is 7.50. The molecule has 0 unspecified atom stereocenters. The number of benzene rings is 1. The summed E-state index contributed by atoms with van der Waals surface area (Å²) in [5.41, 5.74) is 1.09. The van der Waals surface area contributed by atoms with Gasteiger partial charge in [0.2, 0.25) is 0 Å². The lowest BCUT2D eigenvalue weighted by molar-refractivity contribution is 0.358. The van der Waals surface area contributed by atoms with E-state index in [9.17, 15) is 0 Å². The van der Waals surface area contributed by atoms with Gasteiger partial charge in [0, 0.05) is 20.6 Å². The highest BCUT2D eigenvalue weighted by atomic mass is 79.9. The van der Waals surface area contributed by atoms with Crippen LogP contribution in [0.5, 0.6) is 0 Å². The van der Waals surface area contributed by atoms with Gasteiger partial charge in [-0.3, -0.25) is 0 Å². The van der Waals surface area contributed by atoms with Crippen molar-refractivity contribution in [2.75, 3.05) is 0 Å². The van der Waals surface area contributed by atoms with Crippen LogP contribution in [0.3, 0.4) is 0 Å². The van der Waals surface area contributed by atoms with Crippen LogP contribution in [-0.4, -0.2) is 6.04 Å². The van der Waals surface area contributed by atoms with Gasteiger partial charge in [-0.2, -0.15) is 0 Å². The third-order valence-corrected chi connectivity index (χ3v) is 5.18. The molecule has 0 aliphatic heterocycles. The minimum absolute atomic E-state index is 0. The van der Waals surface area contributed by atoms with Crippen LogP contribution in [0.2, 0.25) is 0 Å². The molecule has 1 saturated carbocycles. The second-order valence-corrected chi connectivity index (χ2v) is 7.38. The Morgan fingerprint density at radius 2 is 1.82 bits per heavy atom. The first kappa shape index (κ1) is 18.1. The Bertz CT molecular complexity index is 608. The van der Waals surface area contributed by atoms with Gasteiger partial charge in [0.1, 0.15) is 11.5 Å². The standard InChI is InChI=1S/C17H19Br2NO.ClH/c18-12-6-8-15(16(19)10-12)17-9-7-14(21-17)11-20-13-4-2-1-3-5-13;/h6-10,13,20H,1-5,11H2;1H. The molecule has 1 N–H and O–H groups in total. The van der Waals surface area contributed by atoms with Gasteiger partial charge in [0.25, 0.3) is 0 Å². The molecular weight excluding hydrogens is 429 g/mol. The maximum atomic E-state index is 5.97. The van der Waals surface area contributed by atoms with Gasteiger partial charge in [0.05, 0.1) is 6.54 Å². The molecule has 1 heterocycles. The fraction of sp³-hybridized carbons (Fsp3) is 0.412. The van der Waals surface area contributed by atoms with E-state index in [1.165, 1.54) is 32.1 Å². The zero-order chi connectivity index (χ0) is 14.7. The summed E-state index contributed by atoms with van der Waals surface area (Å²) in [7, 11) is 0. The van der Waals surface area contributed by atoms with Crippen LogP contribution in [0.4, 0.5) is 0 Å². The number of rotatable bonds is 4. The van der Waals surface area contributed by atoms with Crippen LogP contribution >= 0.6 is 44.3 Å². The minimum atomic E-state index is 0. The lowest BCUT2D eigenvalue weighted by Crippen LogP contribution is -2.30. The van der Waals surface area contributed by atoms with Crippen LogP contribution in [-0.2, 0) is 6.54 Å². The van der Waals surface area contributed by atoms with E-state index < -0.39 is 0 Å². The van der Waals surface area contributed by atoms with Gasteiger partial charge in [-0.25, -0.2) is 0 Å². The molecule has 5 heteroatoms. The van der Waals surface area contributed by atoms with E-state index in [0.29, 0.717) is 6.04 Å². The predicted octanol–water partition coefficient (Wildman–Crippen LogP) is 6.32. The molecule has 1 aromatic carbocycles. The van der Waals surface area contributed by atoms with Crippen LogP contribution < -0.4 is 5.32 Å². The van der Waals surface area contributed by atoms with Gasteiger partial charge in [0.15, 0.2) is 0 Å². The van der Waals surface area contributed by atoms with E-state index >= 15 is 0 Å². The van der Waals surface area contributed by atoms with E-state index in [2.05, 4.69) is 49.3 Å². The number of furan rings is 1. The normalized spacial score (nSPS) is 15.5. The Balaban J connectivity index is 0.00000176. The van der Waals surface area contributed by atoms with Crippen molar-refractivity contribution in [1.82, 2.24) is 5.32 Å². The van der Waals surface area contributed by atoms with E-state index in [4.69, 9.17) is 4.42 Å². The quantitative estimate of drug-likeness (QED) is 0.591. The van der Waals surface area contributed by atoms with Crippen molar-refractivity contribution in [3.63, 3.8) is 0 Å². The average molecular weight is 450 g/mol. The summed E-state index contributed by atoms with van der Waals surface area (Å²) < 4.78 is 8.07. The number of halogens is 3. The van der Waals surface area contributed by atoms with E-state index in [1.807, 2.05) is 18.2 Å². The van der Waals surface area contributed by atoms with Crippen molar-refractivity contribution in [1.29, 1.82) is 0 Å². The van der Waals surface area contributed by atoms with E-state index in [0.717, 1.165) is 32.6 Å². The molecular formula is C17H20Br2ClNO. The predicted molar refractivity (Wildman–Crippen MR) is 101 cm³/mol. The van der Waals surface area contributed by atoms with E-state index in [-0.39, 0.29) is 12.4 Å². The molecule has 0 bridgehead atoms. The Labute approximate surface area is 154 Å². The lowest BCUT2D eigenvalue weighted by Gasteiger charge is -2.22. The largest absolute Gasteiger partial charge is 0.460 e. The first-order valence-corrected chi connectivity index (χ1v) is 9.08. The summed E-state index contributed by atoms with van der Waals surface area (Å²) in [5, 5.41) is 3.61. The van der Waals surface area contributed by atoms with Crippen LogP contribution in [0.15, 0.2) is 43.7 Å². The number of hydrogen-bond acceptors (Lipinski definition) is 2. The molecule has 22 heavy (non-hydrogen) atoms. The second kappa shape index (κ2) is 8.53. The zero-order valence-electron chi connectivity index (χ0n) is 12.3. The summed E-state index contributed by atoms with van der Waals surface area (Å²) in [6.07, 6.45) is 6.69.